The number of aliphatic hydroxyl groups excluding tert-OH is 2. The minimum Gasteiger partial charge on any atom is -0.400 e. The summed E-state index contributed by atoms with van der Waals surface area (Å²) in [5.74, 6) is 0.719. The summed E-state index contributed by atoms with van der Waals surface area (Å²) in [4.78, 5) is 0. The van der Waals surface area contributed by atoms with Gasteiger partial charge in [-0.05, 0) is 61.6 Å². The molecule has 0 spiro atoms. The van der Waals surface area contributed by atoms with Crippen LogP contribution in [-0.4, -0.2) is 23.9 Å². The normalized spacial score (nSPS) is 9.78. The number of rotatable bonds is 13. The van der Waals surface area contributed by atoms with Gasteiger partial charge in [0.05, 0.1) is 0 Å². The Morgan fingerprint density at radius 1 is 0.906 bits per heavy atom. The molecule has 0 radical (unpaired) electrons. The molecule has 0 aliphatic heterocycles. The summed E-state index contributed by atoms with van der Waals surface area (Å²) in [6.45, 7) is 19.0. The molecule has 0 saturated carbocycles. The first kappa shape index (κ1) is 37.5. The Kier molecular flexibility index (Phi) is 39.6. The van der Waals surface area contributed by atoms with E-state index in [0.717, 1.165) is 25.9 Å². The molecule has 0 aliphatic carbocycles. The van der Waals surface area contributed by atoms with Gasteiger partial charge in [-0.25, -0.2) is 0 Å². The van der Waals surface area contributed by atoms with Crippen LogP contribution in [0, 0.1) is 25.7 Å². The van der Waals surface area contributed by atoms with E-state index in [2.05, 4.69) is 78.5 Å². The summed E-state index contributed by atoms with van der Waals surface area (Å²) < 4.78 is 0. The number of unbranched alkanes of at least 4 members (excludes halogenated alkanes) is 5. The van der Waals surface area contributed by atoms with E-state index in [1.54, 1.807) is 0 Å². The maximum Gasteiger partial charge on any atom is 0.0431 e. The second kappa shape index (κ2) is 33.8. The van der Waals surface area contributed by atoms with Gasteiger partial charge in [-0.15, -0.1) is 32.6 Å². The zero-order chi connectivity index (χ0) is 25.6. The SMILES string of the molecule is C#C.C=C.C=CC(C)CCCCC.CCCc1ccc(CCCCCCO)c(C)c1.CO. The van der Waals surface area contributed by atoms with E-state index in [1.807, 2.05) is 6.08 Å². The molecule has 0 aromatic heterocycles. The third-order valence-electron chi connectivity index (χ3n) is 4.97. The number of hydrogen-bond acceptors (Lipinski definition) is 2. The van der Waals surface area contributed by atoms with E-state index in [4.69, 9.17) is 10.2 Å². The molecule has 1 rings (SSSR count). The predicted molar refractivity (Wildman–Crippen MR) is 147 cm³/mol. The van der Waals surface area contributed by atoms with Gasteiger partial charge in [-0.1, -0.05) is 83.6 Å². The average molecular weight is 447 g/mol. The molecule has 0 fully saturated rings. The smallest absolute Gasteiger partial charge is 0.0431 e. The lowest BCUT2D eigenvalue weighted by atomic mass is 9.98. The van der Waals surface area contributed by atoms with Crippen molar-refractivity contribution in [2.45, 2.75) is 98.3 Å². The highest BCUT2D eigenvalue weighted by atomic mass is 16.3. The molecule has 32 heavy (non-hydrogen) atoms. The summed E-state index contributed by atoms with van der Waals surface area (Å²) in [7, 11) is 1.00. The number of benzene rings is 1. The van der Waals surface area contributed by atoms with E-state index in [-0.39, 0.29) is 0 Å². The van der Waals surface area contributed by atoms with E-state index in [1.165, 1.54) is 74.5 Å². The van der Waals surface area contributed by atoms with E-state index >= 15 is 0 Å². The van der Waals surface area contributed by atoms with Crippen LogP contribution in [0.25, 0.3) is 0 Å². The Balaban J connectivity index is -0.000000221. The van der Waals surface area contributed by atoms with Gasteiger partial charge in [0, 0.05) is 13.7 Å². The fourth-order valence-corrected chi connectivity index (χ4v) is 3.10. The van der Waals surface area contributed by atoms with Gasteiger partial charge in [0.1, 0.15) is 0 Å². The molecule has 1 atom stereocenters. The van der Waals surface area contributed by atoms with Crippen LogP contribution in [0.1, 0.15) is 95.2 Å². The van der Waals surface area contributed by atoms with Crippen LogP contribution < -0.4 is 0 Å². The standard InChI is InChI=1S/C16H26O.C9H18.C2H4.C2H2.CH4O/c1-3-8-15-10-11-16(14(2)13-15)9-6-4-5-7-12-17;1-4-6-7-8-9(3)5-2;3*1-2/h10-11,13,17H,3-9,12H2,1-2H3;5,9H,2,4,6-8H2,1,3H3;1-2H2;1-2H;2H,1H3. The average Bonchev–Trinajstić information content (AvgIpc) is 2.84. The molecule has 186 valence electrons. The second-order valence-corrected chi connectivity index (χ2v) is 7.61. The summed E-state index contributed by atoms with van der Waals surface area (Å²) in [5, 5.41) is 15.7. The number of aliphatic hydroxyl groups is 2. The van der Waals surface area contributed by atoms with Crippen molar-refractivity contribution in [3.05, 3.63) is 60.7 Å². The molecule has 2 nitrogen and oxygen atoms in total. The van der Waals surface area contributed by atoms with Crippen LogP contribution >= 0.6 is 0 Å². The van der Waals surface area contributed by atoms with Crippen molar-refractivity contribution in [1.29, 1.82) is 0 Å². The van der Waals surface area contributed by atoms with Crippen LogP contribution in [0.2, 0.25) is 0 Å². The predicted octanol–water partition coefficient (Wildman–Crippen LogP) is 8.09. The minimum atomic E-state index is 0.338. The van der Waals surface area contributed by atoms with Crippen LogP contribution in [0.3, 0.4) is 0 Å². The summed E-state index contributed by atoms with van der Waals surface area (Å²) in [6.07, 6.45) is 23.6. The van der Waals surface area contributed by atoms with Gasteiger partial charge < -0.3 is 10.2 Å². The fraction of sp³-hybridized carbons (Fsp3) is 0.600. The van der Waals surface area contributed by atoms with Crippen molar-refractivity contribution in [2.75, 3.05) is 13.7 Å². The van der Waals surface area contributed by atoms with Crippen molar-refractivity contribution >= 4 is 0 Å². The van der Waals surface area contributed by atoms with Crippen LogP contribution in [0.4, 0.5) is 0 Å². The largest absolute Gasteiger partial charge is 0.400 e. The Morgan fingerprint density at radius 3 is 1.97 bits per heavy atom. The molecular weight excluding hydrogens is 392 g/mol. The molecule has 2 heteroatoms. The molecule has 0 heterocycles. The first-order valence-electron chi connectivity index (χ1n) is 12.2. The maximum atomic E-state index is 8.71. The van der Waals surface area contributed by atoms with Crippen molar-refractivity contribution in [3.8, 4) is 12.8 Å². The Bertz CT molecular complexity index is 505. The molecule has 0 saturated heterocycles. The molecular formula is C30H54O2. The Labute approximate surface area is 201 Å². The quantitative estimate of drug-likeness (QED) is 0.182. The van der Waals surface area contributed by atoms with Crippen LogP contribution in [0.5, 0.6) is 0 Å². The summed E-state index contributed by atoms with van der Waals surface area (Å²) in [6, 6.07) is 6.92. The lowest BCUT2D eigenvalue weighted by molar-refractivity contribution is 0.282. The minimum absolute atomic E-state index is 0.338. The molecule has 1 aromatic carbocycles. The van der Waals surface area contributed by atoms with Gasteiger partial charge in [-0.3, -0.25) is 0 Å². The monoisotopic (exact) mass is 446 g/mol. The molecule has 2 N–H and O–H groups in total. The summed E-state index contributed by atoms with van der Waals surface area (Å²) >= 11 is 0. The molecule has 1 unspecified atom stereocenters. The topological polar surface area (TPSA) is 40.5 Å². The number of allylic oxidation sites excluding steroid dienone is 1. The van der Waals surface area contributed by atoms with Crippen molar-refractivity contribution < 1.29 is 10.2 Å². The van der Waals surface area contributed by atoms with Gasteiger partial charge in [0.2, 0.25) is 0 Å². The molecule has 1 aromatic rings. The highest BCUT2D eigenvalue weighted by Crippen LogP contribution is 2.16. The molecule has 0 bridgehead atoms. The third kappa shape index (κ3) is 26.2. The van der Waals surface area contributed by atoms with Crippen molar-refractivity contribution in [1.82, 2.24) is 0 Å². The van der Waals surface area contributed by atoms with E-state index < -0.39 is 0 Å². The first-order chi connectivity index (χ1) is 15.6. The highest BCUT2D eigenvalue weighted by molar-refractivity contribution is 5.31. The molecule has 0 amide bonds. The van der Waals surface area contributed by atoms with E-state index in [9.17, 15) is 0 Å². The van der Waals surface area contributed by atoms with Gasteiger partial charge in [0.25, 0.3) is 0 Å². The number of terminal acetylenes is 1. The first-order valence-corrected chi connectivity index (χ1v) is 12.2. The third-order valence-corrected chi connectivity index (χ3v) is 4.97. The van der Waals surface area contributed by atoms with Gasteiger partial charge in [0.15, 0.2) is 0 Å². The van der Waals surface area contributed by atoms with Crippen LogP contribution in [-0.2, 0) is 12.8 Å². The van der Waals surface area contributed by atoms with Crippen molar-refractivity contribution in [2.24, 2.45) is 5.92 Å². The lowest BCUT2D eigenvalue weighted by Crippen LogP contribution is -1.93. The lowest BCUT2D eigenvalue weighted by Gasteiger charge is -2.08. The highest BCUT2D eigenvalue weighted by Gasteiger charge is 2.00. The van der Waals surface area contributed by atoms with E-state index in [0.29, 0.717) is 6.61 Å². The summed E-state index contributed by atoms with van der Waals surface area (Å²) in [5.41, 5.74) is 4.40. The second-order valence-electron chi connectivity index (χ2n) is 7.61. The Hall–Kier alpha value is -1.82. The molecule has 0 aliphatic rings. The van der Waals surface area contributed by atoms with Gasteiger partial charge in [-0.2, -0.15) is 0 Å². The Morgan fingerprint density at radius 2 is 1.50 bits per heavy atom. The zero-order valence-electron chi connectivity index (χ0n) is 22.0. The fourth-order valence-electron chi connectivity index (χ4n) is 3.10. The van der Waals surface area contributed by atoms with Crippen molar-refractivity contribution in [3.63, 3.8) is 0 Å². The van der Waals surface area contributed by atoms with Gasteiger partial charge >= 0.3 is 0 Å². The maximum absolute atomic E-state index is 8.71. The number of aryl methyl sites for hydroxylation is 3. The van der Waals surface area contributed by atoms with Crippen LogP contribution in [0.15, 0.2) is 44.0 Å². The zero-order valence-corrected chi connectivity index (χ0v) is 22.0. The number of hydrogen-bond donors (Lipinski definition) is 2.